The summed E-state index contributed by atoms with van der Waals surface area (Å²) in [4.78, 5) is 14.9. The molecule has 0 fully saturated rings. The van der Waals surface area contributed by atoms with Crippen LogP contribution in [0.1, 0.15) is 38.3 Å². The first-order chi connectivity index (χ1) is 15.7. The van der Waals surface area contributed by atoms with Crippen LogP contribution in [-0.4, -0.2) is 35.6 Å². The van der Waals surface area contributed by atoms with Crippen molar-refractivity contribution in [2.75, 3.05) is 36.3 Å². The number of aliphatic hydroxyl groups is 1. The summed E-state index contributed by atoms with van der Waals surface area (Å²) in [5.74, 6) is 0.147. The maximum Gasteiger partial charge on any atom is 0.271 e. The Balaban J connectivity index is 0.000000890. The van der Waals surface area contributed by atoms with E-state index in [0.717, 1.165) is 17.1 Å². The Morgan fingerprint density at radius 1 is 1.18 bits per heavy atom. The summed E-state index contributed by atoms with van der Waals surface area (Å²) < 4.78 is 26.6. The highest BCUT2D eigenvalue weighted by atomic mass is 19.2. The van der Waals surface area contributed by atoms with Crippen molar-refractivity contribution in [2.24, 2.45) is 5.92 Å². The van der Waals surface area contributed by atoms with E-state index in [1.165, 1.54) is 24.3 Å². The van der Waals surface area contributed by atoms with Gasteiger partial charge in [-0.25, -0.2) is 9.93 Å². The van der Waals surface area contributed by atoms with Crippen LogP contribution in [0.25, 0.3) is 0 Å². The molecule has 0 saturated heterocycles. The molecule has 5 N–H and O–H groups in total. The minimum Gasteiger partial charge on any atom is -0.399 e. The monoisotopic (exact) mass is 460 g/mol. The SMILES string of the molecule is CC(C)C.Cc1cc(CC2=C(C(=O)Nc3cc(N)ccc3NF)N(CCO)CC2)ccc1F. The third-order valence-corrected chi connectivity index (χ3v) is 4.95. The zero-order chi connectivity index (χ0) is 24.5. The molecular formula is C25H34F2N4O2. The molecule has 180 valence electrons. The molecule has 0 spiro atoms. The van der Waals surface area contributed by atoms with E-state index in [1.807, 2.05) is 0 Å². The van der Waals surface area contributed by atoms with Crippen molar-refractivity contribution in [3.05, 3.63) is 64.6 Å². The van der Waals surface area contributed by atoms with Gasteiger partial charge in [0.15, 0.2) is 0 Å². The Bertz CT molecular complexity index is 990. The van der Waals surface area contributed by atoms with Gasteiger partial charge in [-0.1, -0.05) is 32.9 Å². The summed E-state index contributed by atoms with van der Waals surface area (Å²) in [5.41, 5.74) is 10.7. The van der Waals surface area contributed by atoms with Crippen molar-refractivity contribution in [3.63, 3.8) is 0 Å². The normalized spacial score (nSPS) is 13.2. The van der Waals surface area contributed by atoms with E-state index in [1.54, 1.807) is 29.5 Å². The molecule has 2 aromatic carbocycles. The lowest BCUT2D eigenvalue weighted by Crippen LogP contribution is -2.31. The van der Waals surface area contributed by atoms with Gasteiger partial charge in [0.05, 0.1) is 18.0 Å². The highest BCUT2D eigenvalue weighted by molar-refractivity contribution is 6.06. The molecular weight excluding hydrogens is 426 g/mol. The van der Waals surface area contributed by atoms with Crippen molar-refractivity contribution in [3.8, 4) is 0 Å². The van der Waals surface area contributed by atoms with Gasteiger partial charge < -0.3 is 21.1 Å². The molecule has 0 atom stereocenters. The number of nitrogens with two attached hydrogens (primary N) is 1. The summed E-state index contributed by atoms with van der Waals surface area (Å²) in [6, 6.07) is 9.29. The lowest BCUT2D eigenvalue weighted by atomic mass is 10.0. The average Bonchev–Trinajstić information content (AvgIpc) is 3.13. The van der Waals surface area contributed by atoms with Gasteiger partial charge in [0, 0.05) is 18.8 Å². The Morgan fingerprint density at radius 3 is 2.48 bits per heavy atom. The number of nitrogens with zero attached hydrogens (tertiary/aromatic N) is 1. The highest BCUT2D eigenvalue weighted by Crippen LogP contribution is 2.30. The second-order valence-corrected chi connectivity index (χ2v) is 8.76. The second-order valence-electron chi connectivity index (χ2n) is 8.76. The van der Waals surface area contributed by atoms with E-state index < -0.39 is 5.91 Å². The van der Waals surface area contributed by atoms with Crippen LogP contribution in [-0.2, 0) is 11.2 Å². The van der Waals surface area contributed by atoms with Crippen LogP contribution in [0.5, 0.6) is 0 Å². The van der Waals surface area contributed by atoms with Crippen molar-refractivity contribution in [2.45, 2.75) is 40.5 Å². The van der Waals surface area contributed by atoms with Crippen molar-refractivity contribution >= 4 is 23.0 Å². The van der Waals surface area contributed by atoms with Crippen LogP contribution in [0.3, 0.4) is 0 Å². The smallest absolute Gasteiger partial charge is 0.271 e. The van der Waals surface area contributed by atoms with Crippen LogP contribution in [0.4, 0.5) is 25.9 Å². The molecule has 0 bridgehead atoms. The van der Waals surface area contributed by atoms with Gasteiger partial charge in [0.25, 0.3) is 5.91 Å². The number of aliphatic hydroxyl groups excluding tert-OH is 1. The molecule has 2 aromatic rings. The minimum atomic E-state index is -0.410. The van der Waals surface area contributed by atoms with Gasteiger partial charge in [-0.2, -0.15) is 0 Å². The van der Waals surface area contributed by atoms with Crippen LogP contribution in [0.2, 0.25) is 0 Å². The fourth-order valence-corrected chi connectivity index (χ4v) is 3.54. The zero-order valence-electron chi connectivity index (χ0n) is 19.7. The van der Waals surface area contributed by atoms with Gasteiger partial charge in [-0.15, -0.1) is 4.48 Å². The number of β-amino-alcohol motifs (C(OH)–C–C–N with tert-alkyl or cyclic N) is 1. The number of halogens is 2. The van der Waals surface area contributed by atoms with Gasteiger partial charge in [-0.3, -0.25) is 4.79 Å². The third kappa shape index (κ3) is 7.46. The van der Waals surface area contributed by atoms with E-state index >= 15 is 0 Å². The first-order valence-electron chi connectivity index (χ1n) is 11.1. The Hall–Kier alpha value is -3.13. The largest absolute Gasteiger partial charge is 0.399 e. The molecule has 8 heteroatoms. The van der Waals surface area contributed by atoms with Gasteiger partial charge >= 0.3 is 0 Å². The maximum atomic E-state index is 13.6. The molecule has 3 rings (SSSR count). The topological polar surface area (TPSA) is 90.6 Å². The van der Waals surface area contributed by atoms with Crippen LogP contribution < -0.4 is 16.6 Å². The number of hydrogen-bond acceptors (Lipinski definition) is 5. The number of rotatable bonds is 7. The zero-order valence-corrected chi connectivity index (χ0v) is 19.7. The van der Waals surface area contributed by atoms with Crippen molar-refractivity contribution in [1.82, 2.24) is 4.90 Å². The maximum absolute atomic E-state index is 13.6. The van der Waals surface area contributed by atoms with Crippen LogP contribution in [0, 0.1) is 18.7 Å². The highest BCUT2D eigenvalue weighted by Gasteiger charge is 2.28. The molecule has 1 amide bonds. The summed E-state index contributed by atoms with van der Waals surface area (Å²) in [6.07, 6.45) is 1.13. The first kappa shape index (κ1) is 26.1. The summed E-state index contributed by atoms with van der Waals surface area (Å²) >= 11 is 0. The predicted molar refractivity (Wildman–Crippen MR) is 130 cm³/mol. The van der Waals surface area contributed by atoms with Crippen molar-refractivity contribution < 1.29 is 18.8 Å². The fraction of sp³-hybridized carbons (Fsp3) is 0.400. The lowest BCUT2D eigenvalue weighted by Gasteiger charge is -2.21. The minimum absolute atomic E-state index is 0.0931. The van der Waals surface area contributed by atoms with Crippen molar-refractivity contribution in [1.29, 1.82) is 0 Å². The molecule has 1 heterocycles. The quantitative estimate of drug-likeness (QED) is 0.352. The Morgan fingerprint density at radius 2 is 1.88 bits per heavy atom. The molecule has 0 unspecified atom stereocenters. The summed E-state index contributed by atoms with van der Waals surface area (Å²) in [7, 11) is 0. The van der Waals surface area contributed by atoms with Gasteiger partial charge in [0.2, 0.25) is 0 Å². The van der Waals surface area contributed by atoms with E-state index in [2.05, 4.69) is 26.1 Å². The summed E-state index contributed by atoms with van der Waals surface area (Å²) in [6.45, 7) is 8.98. The van der Waals surface area contributed by atoms with E-state index in [0.29, 0.717) is 42.9 Å². The molecule has 6 nitrogen and oxygen atoms in total. The number of anilines is 3. The Labute approximate surface area is 194 Å². The number of carbonyl (C=O) groups excluding carboxylic acids is 1. The molecule has 1 aliphatic heterocycles. The number of amides is 1. The van der Waals surface area contributed by atoms with E-state index in [4.69, 9.17) is 5.73 Å². The number of nitrogen functional groups attached to an aromatic ring is 1. The number of benzene rings is 2. The van der Waals surface area contributed by atoms with E-state index in [9.17, 15) is 18.8 Å². The molecule has 1 aliphatic rings. The van der Waals surface area contributed by atoms with Crippen LogP contribution in [0.15, 0.2) is 47.7 Å². The number of nitrogens with one attached hydrogen (secondary N) is 2. The Kier molecular flexibility index (Phi) is 9.66. The second kappa shape index (κ2) is 12.2. The first-order valence-corrected chi connectivity index (χ1v) is 11.1. The summed E-state index contributed by atoms with van der Waals surface area (Å²) in [5, 5.41) is 12.1. The van der Waals surface area contributed by atoms with E-state index in [-0.39, 0.29) is 23.8 Å². The van der Waals surface area contributed by atoms with Gasteiger partial charge in [-0.05, 0) is 66.6 Å². The van der Waals surface area contributed by atoms with Gasteiger partial charge in [0.1, 0.15) is 11.5 Å². The molecule has 33 heavy (non-hydrogen) atoms. The predicted octanol–water partition coefficient (Wildman–Crippen LogP) is 4.81. The standard InChI is InChI=1S/C21H24F2N4O2.C4H10/c1-13-10-14(2-4-17(13)22)11-15-6-7-27(8-9-28)20(15)21(29)25-19-12-16(24)3-5-18(19)26-23;1-4(2)3/h2-5,10,12,26,28H,6-9,11,24H2,1H3,(H,25,29);4H,1-3H3. The number of hydrogen-bond donors (Lipinski definition) is 4. The molecule has 0 radical (unpaired) electrons. The lowest BCUT2D eigenvalue weighted by molar-refractivity contribution is -0.114. The third-order valence-electron chi connectivity index (χ3n) is 4.95. The average molecular weight is 461 g/mol. The fourth-order valence-electron chi connectivity index (χ4n) is 3.54. The molecule has 0 aromatic heterocycles. The number of aryl methyl sites for hydroxylation is 1. The number of carbonyl (C=O) groups is 1. The van der Waals surface area contributed by atoms with Crippen LogP contribution >= 0.6 is 0 Å². The molecule has 0 aliphatic carbocycles. The molecule has 0 saturated carbocycles.